The third-order valence-corrected chi connectivity index (χ3v) is 4.59. The molecule has 1 heterocycles. The highest BCUT2D eigenvalue weighted by Gasteiger charge is 2.48. The zero-order chi connectivity index (χ0) is 15.5. The first-order valence-electron chi connectivity index (χ1n) is 7.93. The second-order valence-electron chi connectivity index (χ2n) is 6.73. The molecule has 1 aliphatic heterocycles. The van der Waals surface area contributed by atoms with Crippen molar-refractivity contribution in [2.75, 3.05) is 26.2 Å². The molecule has 0 radical (unpaired) electrons. The van der Waals surface area contributed by atoms with Crippen LogP contribution in [-0.2, 0) is 4.79 Å². The number of carboxylic acid groups (broad SMARTS) is 1. The van der Waals surface area contributed by atoms with Crippen LogP contribution in [-0.4, -0.2) is 53.7 Å². The molecule has 6 nitrogen and oxygen atoms in total. The number of amides is 2. The van der Waals surface area contributed by atoms with E-state index in [1.807, 2.05) is 0 Å². The zero-order valence-electron chi connectivity index (χ0n) is 13.0. The average molecular weight is 297 g/mol. The molecule has 0 spiro atoms. The van der Waals surface area contributed by atoms with Crippen LogP contribution in [0.3, 0.4) is 0 Å². The quantitative estimate of drug-likeness (QED) is 0.661. The van der Waals surface area contributed by atoms with Crippen LogP contribution in [0.4, 0.5) is 4.79 Å². The normalized spacial score (nSPS) is 23.3. The molecule has 0 bridgehead atoms. The van der Waals surface area contributed by atoms with Gasteiger partial charge >= 0.3 is 12.0 Å². The molecule has 21 heavy (non-hydrogen) atoms. The number of carbonyl (C=O) groups is 2. The number of carboxylic acids is 1. The molecule has 6 heteroatoms. The molecular formula is C15H27N3O3. The van der Waals surface area contributed by atoms with Crippen molar-refractivity contribution in [2.24, 2.45) is 11.8 Å². The lowest BCUT2D eigenvalue weighted by Gasteiger charge is -2.27. The van der Waals surface area contributed by atoms with Gasteiger partial charge in [0, 0.05) is 13.1 Å². The van der Waals surface area contributed by atoms with Gasteiger partial charge in [0.1, 0.15) is 5.54 Å². The van der Waals surface area contributed by atoms with E-state index in [2.05, 4.69) is 22.5 Å². The maximum atomic E-state index is 11.9. The minimum absolute atomic E-state index is 0.0581. The number of nitrogens with zero attached hydrogens (tertiary/aromatic N) is 1. The number of hydrogen-bond donors (Lipinski definition) is 3. The van der Waals surface area contributed by atoms with Crippen LogP contribution in [0.5, 0.6) is 0 Å². The monoisotopic (exact) mass is 297 g/mol. The van der Waals surface area contributed by atoms with Crippen LogP contribution >= 0.6 is 0 Å². The van der Waals surface area contributed by atoms with E-state index in [-0.39, 0.29) is 11.9 Å². The third kappa shape index (κ3) is 4.33. The van der Waals surface area contributed by atoms with E-state index < -0.39 is 11.5 Å². The molecule has 0 aromatic heterocycles. The Bertz CT molecular complexity index is 392. The van der Waals surface area contributed by atoms with Gasteiger partial charge < -0.3 is 20.6 Å². The minimum atomic E-state index is -1.14. The van der Waals surface area contributed by atoms with Gasteiger partial charge in [0.15, 0.2) is 0 Å². The minimum Gasteiger partial charge on any atom is -0.480 e. The van der Waals surface area contributed by atoms with Gasteiger partial charge in [0.05, 0.1) is 0 Å². The van der Waals surface area contributed by atoms with E-state index in [1.165, 1.54) is 12.8 Å². The maximum Gasteiger partial charge on any atom is 0.329 e. The Hall–Kier alpha value is -1.30. The van der Waals surface area contributed by atoms with Crippen LogP contribution in [0.25, 0.3) is 0 Å². The van der Waals surface area contributed by atoms with E-state index in [4.69, 9.17) is 0 Å². The topological polar surface area (TPSA) is 81.7 Å². The summed E-state index contributed by atoms with van der Waals surface area (Å²) in [7, 11) is 0. The number of carbonyl (C=O) groups excluding carboxylic acids is 1. The van der Waals surface area contributed by atoms with Gasteiger partial charge in [-0.1, -0.05) is 6.92 Å². The van der Waals surface area contributed by atoms with Gasteiger partial charge in [-0.25, -0.2) is 9.59 Å². The van der Waals surface area contributed by atoms with Gasteiger partial charge in [-0.2, -0.15) is 0 Å². The molecular weight excluding hydrogens is 270 g/mol. The van der Waals surface area contributed by atoms with Crippen LogP contribution in [0.1, 0.15) is 39.5 Å². The number of likely N-dealkylation sites (tertiary alicyclic amines) is 1. The molecule has 2 rings (SSSR count). The van der Waals surface area contributed by atoms with Crippen molar-refractivity contribution in [2.45, 2.75) is 45.1 Å². The van der Waals surface area contributed by atoms with Gasteiger partial charge in [-0.15, -0.1) is 0 Å². The Labute approximate surface area is 126 Å². The van der Waals surface area contributed by atoms with Crippen LogP contribution in [0, 0.1) is 11.8 Å². The number of rotatable bonds is 7. The van der Waals surface area contributed by atoms with Crippen molar-refractivity contribution in [1.82, 2.24) is 15.5 Å². The molecule has 3 N–H and O–H groups in total. The Balaban J connectivity index is 1.72. The number of hydrogen-bond acceptors (Lipinski definition) is 3. The Morgan fingerprint density at radius 2 is 1.95 bits per heavy atom. The molecule has 2 aliphatic rings. The van der Waals surface area contributed by atoms with E-state index >= 15 is 0 Å². The summed E-state index contributed by atoms with van der Waals surface area (Å²) in [6, 6.07) is -0.375. The fourth-order valence-corrected chi connectivity index (χ4v) is 3.01. The Morgan fingerprint density at radius 3 is 2.48 bits per heavy atom. The largest absolute Gasteiger partial charge is 0.480 e. The standard InChI is InChI=1S/C15H27N3O3/c1-11(10-18-7-3-4-8-18)9-16-14(21)17-15(2,13(19)20)12-5-6-12/h11-12H,3-10H2,1-2H3,(H,19,20)(H2,16,17,21). The lowest BCUT2D eigenvalue weighted by molar-refractivity contribution is -0.144. The van der Waals surface area contributed by atoms with E-state index in [1.54, 1.807) is 6.92 Å². The summed E-state index contributed by atoms with van der Waals surface area (Å²) < 4.78 is 0. The summed E-state index contributed by atoms with van der Waals surface area (Å²) in [5, 5.41) is 14.8. The van der Waals surface area contributed by atoms with E-state index in [0.717, 1.165) is 32.5 Å². The van der Waals surface area contributed by atoms with Gasteiger partial charge in [0.25, 0.3) is 0 Å². The maximum absolute atomic E-state index is 11.9. The molecule has 2 unspecified atom stereocenters. The summed E-state index contributed by atoms with van der Waals surface area (Å²) in [6.07, 6.45) is 4.26. The Morgan fingerprint density at radius 1 is 1.33 bits per heavy atom. The third-order valence-electron chi connectivity index (χ3n) is 4.59. The summed E-state index contributed by atoms with van der Waals surface area (Å²) in [4.78, 5) is 25.7. The SMILES string of the molecule is CC(CNC(=O)NC(C)(C(=O)O)C1CC1)CN1CCCC1. The fourth-order valence-electron chi connectivity index (χ4n) is 3.01. The van der Waals surface area contributed by atoms with Gasteiger partial charge in [0.2, 0.25) is 0 Å². The lowest BCUT2D eigenvalue weighted by Crippen LogP contribution is -2.57. The molecule has 1 saturated carbocycles. The molecule has 1 aliphatic carbocycles. The van der Waals surface area contributed by atoms with Gasteiger partial charge in [-0.3, -0.25) is 0 Å². The molecule has 1 saturated heterocycles. The smallest absolute Gasteiger partial charge is 0.329 e. The van der Waals surface area contributed by atoms with E-state index in [0.29, 0.717) is 12.5 Å². The van der Waals surface area contributed by atoms with Crippen molar-refractivity contribution in [3.8, 4) is 0 Å². The summed E-state index contributed by atoms with van der Waals surface area (Å²) in [5.41, 5.74) is -1.14. The highest BCUT2D eigenvalue weighted by atomic mass is 16.4. The molecule has 0 aromatic rings. The molecule has 2 atom stereocenters. The molecule has 2 fully saturated rings. The fraction of sp³-hybridized carbons (Fsp3) is 0.867. The number of aliphatic carboxylic acids is 1. The highest BCUT2D eigenvalue weighted by Crippen LogP contribution is 2.39. The zero-order valence-corrected chi connectivity index (χ0v) is 13.0. The van der Waals surface area contributed by atoms with E-state index in [9.17, 15) is 14.7 Å². The molecule has 2 amide bonds. The lowest BCUT2D eigenvalue weighted by atomic mass is 9.96. The summed E-state index contributed by atoms with van der Waals surface area (Å²) >= 11 is 0. The molecule has 0 aromatic carbocycles. The van der Waals surface area contributed by atoms with Crippen molar-refractivity contribution >= 4 is 12.0 Å². The van der Waals surface area contributed by atoms with Crippen molar-refractivity contribution in [3.63, 3.8) is 0 Å². The second kappa shape index (κ2) is 6.64. The number of urea groups is 1. The molecule has 120 valence electrons. The van der Waals surface area contributed by atoms with Crippen LogP contribution in [0.2, 0.25) is 0 Å². The predicted octanol–water partition coefficient (Wildman–Crippen LogP) is 1.27. The highest BCUT2D eigenvalue weighted by molar-refractivity contribution is 5.86. The first kappa shape index (κ1) is 16.1. The van der Waals surface area contributed by atoms with Crippen LogP contribution < -0.4 is 10.6 Å². The average Bonchev–Trinajstić information content (AvgIpc) is 3.16. The summed E-state index contributed by atoms with van der Waals surface area (Å²) in [5.74, 6) is -0.529. The van der Waals surface area contributed by atoms with Crippen molar-refractivity contribution < 1.29 is 14.7 Å². The van der Waals surface area contributed by atoms with Gasteiger partial charge in [-0.05, 0) is 57.5 Å². The Kier molecular flexibility index (Phi) is 5.08. The van der Waals surface area contributed by atoms with Crippen molar-refractivity contribution in [1.29, 1.82) is 0 Å². The van der Waals surface area contributed by atoms with Crippen LogP contribution in [0.15, 0.2) is 0 Å². The predicted molar refractivity (Wildman–Crippen MR) is 80.1 cm³/mol. The second-order valence-corrected chi connectivity index (χ2v) is 6.73. The number of nitrogens with one attached hydrogen (secondary N) is 2. The summed E-state index contributed by atoms with van der Waals surface area (Å²) in [6.45, 7) is 7.56. The first-order chi connectivity index (χ1) is 9.91. The first-order valence-corrected chi connectivity index (χ1v) is 7.93. The van der Waals surface area contributed by atoms with Crippen molar-refractivity contribution in [3.05, 3.63) is 0 Å².